The molecule has 0 radical (unpaired) electrons. The minimum absolute atomic E-state index is 0.114. The molecule has 4 nitrogen and oxygen atoms in total. The molecule has 1 atom stereocenters. The van der Waals surface area contributed by atoms with Crippen LogP contribution in [0, 0.1) is 5.92 Å². The van der Waals surface area contributed by atoms with E-state index in [-0.39, 0.29) is 5.75 Å². The molecule has 0 aliphatic carbocycles. The van der Waals surface area contributed by atoms with Gasteiger partial charge >= 0.3 is 0 Å². The lowest BCUT2D eigenvalue weighted by Gasteiger charge is -2.16. The second-order valence-electron chi connectivity index (χ2n) is 5.52. The van der Waals surface area contributed by atoms with Crippen molar-refractivity contribution in [1.82, 2.24) is 9.62 Å². The van der Waals surface area contributed by atoms with E-state index in [2.05, 4.69) is 12.2 Å². The largest absolute Gasteiger partial charge is 0.316 e. The molecule has 5 heteroatoms. The molecule has 1 N–H and O–H groups in total. The fraction of sp³-hybridized carbons (Fsp3) is 0.600. The molecule has 1 heterocycles. The summed E-state index contributed by atoms with van der Waals surface area (Å²) in [5.41, 5.74) is 2.03. The molecule has 1 aliphatic heterocycles. The molecule has 2 rings (SSSR count). The Hall–Kier alpha value is -0.910. The summed E-state index contributed by atoms with van der Waals surface area (Å²) in [5.74, 6) is 0.645. The summed E-state index contributed by atoms with van der Waals surface area (Å²) in [6.45, 7) is 4.30. The van der Waals surface area contributed by atoms with Gasteiger partial charge in [0.15, 0.2) is 0 Å². The Morgan fingerprint density at radius 3 is 2.45 bits per heavy atom. The molecule has 0 aromatic heterocycles. The molecule has 1 fully saturated rings. The molecule has 1 saturated heterocycles. The minimum atomic E-state index is -3.16. The molecule has 1 aliphatic rings. The van der Waals surface area contributed by atoms with Crippen LogP contribution in [0.5, 0.6) is 0 Å². The van der Waals surface area contributed by atoms with E-state index in [9.17, 15) is 8.42 Å². The Labute approximate surface area is 122 Å². The van der Waals surface area contributed by atoms with Crippen LogP contribution in [0.25, 0.3) is 0 Å². The minimum Gasteiger partial charge on any atom is -0.316 e. The maximum Gasteiger partial charge on any atom is 0.218 e. The van der Waals surface area contributed by atoms with E-state index < -0.39 is 10.0 Å². The molecule has 1 unspecified atom stereocenters. The number of rotatable bonds is 6. The van der Waals surface area contributed by atoms with Crippen molar-refractivity contribution in [2.45, 2.75) is 32.1 Å². The summed E-state index contributed by atoms with van der Waals surface area (Å²) in [4.78, 5) is 0. The third kappa shape index (κ3) is 3.81. The molecule has 0 spiro atoms. The number of sulfonamides is 1. The van der Waals surface area contributed by atoms with Crippen LogP contribution in [-0.4, -0.2) is 32.9 Å². The van der Waals surface area contributed by atoms with E-state index in [0.717, 1.165) is 24.9 Å². The topological polar surface area (TPSA) is 49.4 Å². The standard InChI is InChI=1S/C15H24N2O2S/c1-3-13-8-9-17(11-13)20(18,19)12-15-6-4-14(5-7-15)10-16-2/h4-7,13,16H,3,8-12H2,1-2H3. The van der Waals surface area contributed by atoms with Crippen LogP contribution in [0.15, 0.2) is 24.3 Å². The zero-order valence-electron chi connectivity index (χ0n) is 12.3. The number of benzene rings is 1. The highest BCUT2D eigenvalue weighted by Gasteiger charge is 2.30. The van der Waals surface area contributed by atoms with E-state index in [1.165, 1.54) is 5.56 Å². The van der Waals surface area contributed by atoms with Crippen molar-refractivity contribution in [2.75, 3.05) is 20.1 Å². The van der Waals surface area contributed by atoms with E-state index in [0.29, 0.717) is 19.0 Å². The van der Waals surface area contributed by atoms with Crippen LogP contribution in [-0.2, 0) is 22.3 Å². The fourth-order valence-electron chi connectivity index (χ4n) is 2.64. The molecular weight excluding hydrogens is 272 g/mol. The number of nitrogens with one attached hydrogen (secondary N) is 1. The van der Waals surface area contributed by atoms with Crippen molar-refractivity contribution in [3.05, 3.63) is 35.4 Å². The Kier molecular flexibility index (Phi) is 5.18. The zero-order chi connectivity index (χ0) is 14.6. The molecule has 0 amide bonds. The molecule has 1 aromatic rings. The van der Waals surface area contributed by atoms with Gasteiger partial charge in [-0.15, -0.1) is 0 Å². The van der Waals surface area contributed by atoms with Gasteiger partial charge in [-0.2, -0.15) is 0 Å². The summed E-state index contributed by atoms with van der Waals surface area (Å²) in [6.07, 6.45) is 2.06. The molecular formula is C15H24N2O2S. The third-order valence-electron chi connectivity index (χ3n) is 3.97. The van der Waals surface area contributed by atoms with Crippen molar-refractivity contribution < 1.29 is 8.42 Å². The second-order valence-corrected chi connectivity index (χ2v) is 7.49. The highest BCUT2D eigenvalue weighted by molar-refractivity contribution is 7.88. The summed E-state index contributed by atoms with van der Waals surface area (Å²) in [6, 6.07) is 7.80. The zero-order valence-corrected chi connectivity index (χ0v) is 13.1. The Morgan fingerprint density at radius 2 is 1.90 bits per heavy atom. The van der Waals surface area contributed by atoms with Crippen LogP contribution in [0.4, 0.5) is 0 Å². The summed E-state index contributed by atoms with van der Waals surface area (Å²) < 4.78 is 26.4. The van der Waals surface area contributed by atoms with Gasteiger partial charge in [-0.05, 0) is 30.5 Å². The van der Waals surface area contributed by atoms with E-state index >= 15 is 0 Å². The van der Waals surface area contributed by atoms with Crippen LogP contribution in [0.1, 0.15) is 30.9 Å². The Balaban J connectivity index is 2.01. The lowest BCUT2D eigenvalue weighted by atomic mass is 10.1. The maximum atomic E-state index is 12.4. The molecule has 0 bridgehead atoms. The first-order chi connectivity index (χ1) is 9.55. The number of nitrogens with zero attached hydrogens (tertiary/aromatic N) is 1. The SMILES string of the molecule is CCC1CCN(S(=O)(=O)Cc2ccc(CNC)cc2)C1. The molecule has 0 saturated carbocycles. The second kappa shape index (κ2) is 6.70. The lowest BCUT2D eigenvalue weighted by Crippen LogP contribution is -2.30. The van der Waals surface area contributed by atoms with Gasteiger partial charge in [0.05, 0.1) is 5.75 Å². The van der Waals surface area contributed by atoms with Gasteiger partial charge in [-0.1, -0.05) is 37.6 Å². The normalized spacial score (nSPS) is 20.4. The maximum absolute atomic E-state index is 12.4. The van der Waals surface area contributed by atoms with Crippen molar-refractivity contribution in [2.24, 2.45) is 5.92 Å². The summed E-state index contributed by atoms with van der Waals surface area (Å²) in [5, 5.41) is 3.08. The smallest absolute Gasteiger partial charge is 0.218 e. The van der Waals surface area contributed by atoms with Crippen LogP contribution >= 0.6 is 0 Å². The Bertz CT molecular complexity index is 525. The van der Waals surface area contributed by atoms with E-state index in [1.54, 1.807) is 4.31 Å². The summed E-state index contributed by atoms with van der Waals surface area (Å²) >= 11 is 0. The monoisotopic (exact) mass is 296 g/mol. The Morgan fingerprint density at radius 1 is 1.25 bits per heavy atom. The van der Waals surface area contributed by atoms with E-state index in [1.807, 2.05) is 31.3 Å². The van der Waals surface area contributed by atoms with Gasteiger partial charge in [-0.25, -0.2) is 12.7 Å². The number of hydrogen-bond donors (Lipinski definition) is 1. The quantitative estimate of drug-likeness (QED) is 0.873. The third-order valence-corrected chi connectivity index (χ3v) is 5.79. The van der Waals surface area contributed by atoms with Crippen LogP contribution < -0.4 is 5.32 Å². The van der Waals surface area contributed by atoms with E-state index in [4.69, 9.17) is 0 Å². The highest BCUT2D eigenvalue weighted by atomic mass is 32.2. The highest BCUT2D eigenvalue weighted by Crippen LogP contribution is 2.23. The predicted octanol–water partition coefficient (Wildman–Crippen LogP) is 1.97. The average molecular weight is 296 g/mol. The van der Waals surface area contributed by atoms with Crippen molar-refractivity contribution in [3.8, 4) is 0 Å². The van der Waals surface area contributed by atoms with Crippen molar-refractivity contribution in [1.29, 1.82) is 0 Å². The first-order valence-corrected chi connectivity index (χ1v) is 8.86. The summed E-state index contributed by atoms with van der Waals surface area (Å²) in [7, 11) is -1.26. The molecule has 1 aromatic carbocycles. The fourth-order valence-corrected chi connectivity index (χ4v) is 4.26. The van der Waals surface area contributed by atoms with Gasteiger partial charge in [0, 0.05) is 19.6 Å². The van der Waals surface area contributed by atoms with Crippen molar-refractivity contribution >= 4 is 10.0 Å². The van der Waals surface area contributed by atoms with Gasteiger partial charge in [-0.3, -0.25) is 0 Å². The molecule has 20 heavy (non-hydrogen) atoms. The van der Waals surface area contributed by atoms with Crippen molar-refractivity contribution in [3.63, 3.8) is 0 Å². The number of hydrogen-bond acceptors (Lipinski definition) is 3. The average Bonchev–Trinajstić information content (AvgIpc) is 2.91. The van der Waals surface area contributed by atoms with Gasteiger partial charge in [0.1, 0.15) is 0 Å². The first-order valence-electron chi connectivity index (χ1n) is 7.25. The van der Waals surface area contributed by atoms with Gasteiger partial charge in [0.25, 0.3) is 0 Å². The van der Waals surface area contributed by atoms with Gasteiger partial charge < -0.3 is 5.32 Å². The van der Waals surface area contributed by atoms with Gasteiger partial charge in [0.2, 0.25) is 10.0 Å². The lowest BCUT2D eigenvalue weighted by molar-refractivity contribution is 0.452. The van der Waals surface area contributed by atoms with Crippen LogP contribution in [0.2, 0.25) is 0 Å². The predicted molar refractivity (Wildman–Crippen MR) is 81.8 cm³/mol. The molecule has 112 valence electrons. The van der Waals surface area contributed by atoms with Crippen LogP contribution in [0.3, 0.4) is 0 Å². The first kappa shape index (κ1) is 15.5.